The molecule has 0 radical (unpaired) electrons. The van der Waals surface area contributed by atoms with Crippen LogP contribution in [-0.2, 0) is 0 Å². The molecule has 1 fully saturated rings. The molecular weight excluding hydrogens is 338 g/mol. The summed E-state index contributed by atoms with van der Waals surface area (Å²) in [5.74, 6) is -0.711. The molecule has 26 heavy (non-hydrogen) atoms. The number of halogens is 2. The van der Waals surface area contributed by atoms with E-state index in [2.05, 4.69) is 10.3 Å². The number of ether oxygens (including phenoxy) is 1. The van der Waals surface area contributed by atoms with Crippen molar-refractivity contribution in [3.63, 3.8) is 0 Å². The number of nitrogens with one attached hydrogen (secondary N) is 1. The first-order valence-corrected chi connectivity index (χ1v) is 8.38. The molecule has 1 heterocycles. The molecule has 0 atom stereocenters. The van der Waals surface area contributed by atoms with Crippen LogP contribution in [0, 0.1) is 17.6 Å². The minimum absolute atomic E-state index is 0.0815. The zero-order valence-corrected chi connectivity index (χ0v) is 13.8. The lowest BCUT2D eigenvalue weighted by Crippen LogP contribution is -2.15. The number of carbonyl (C=O) groups is 1. The molecule has 1 aliphatic carbocycles. The van der Waals surface area contributed by atoms with Gasteiger partial charge in [-0.3, -0.25) is 9.78 Å². The first-order valence-electron chi connectivity index (χ1n) is 8.38. The Labute approximate surface area is 148 Å². The minimum Gasteiger partial charge on any atom is -0.491 e. The number of benzene rings is 2. The summed E-state index contributed by atoms with van der Waals surface area (Å²) in [4.78, 5) is 16.9. The van der Waals surface area contributed by atoms with Crippen molar-refractivity contribution in [1.29, 1.82) is 0 Å². The maximum atomic E-state index is 13.9. The Morgan fingerprint density at radius 2 is 2.00 bits per heavy atom. The molecule has 1 aliphatic rings. The molecule has 0 aliphatic heterocycles. The van der Waals surface area contributed by atoms with Crippen LogP contribution in [0.25, 0.3) is 10.9 Å². The smallest absolute Gasteiger partial charge is 0.258 e. The van der Waals surface area contributed by atoms with E-state index in [1.807, 2.05) is 0 Å². The van der Waals surface area contributed by atoms with Gasteiger partial charge in [-0.05, 0) is 49.1 Å². The van der Waals surface area contributed by atoms with Gasteiger partial charge in [-0.25, -0.2) is 8.78 Å². The summed E-state index contributed by atoms with van der Waals surface area (Å²) < 4.78 is 33.2. The van der Waals surface area contributed by atoms with E-state index in [9.17, 15) is 13.6 Å². The molecule has 4 rings (SSSR count). The number of anilines is 1. The lowest BCUT2D eigenvalue weighted by atomic mass is 10.1. The summed E-state index contributed by atoms with van der Waals surface area (Å²) in [6, 6.07) is 9.72. The highest BCUT2D eigenvalue weighted by Gasteiger charge is 2.23. The van der Waals surface area contributed by atoms with Gasteiger partial charge in [0, 0.05) is 17.6 Å². The van der Waals surface area contributed by atoms with Crippen LogP contribution in [0.4, 0.5) is 14.5 Å². The highest BCUT2D eigenvalue weighted by Crippen LogP contribution is 2.32. The van der Waals surface area contributed by atoms with Crippen LogP contribution in [0.5, 0.6) is 5.75 Å². The quantitative estimate of drug-likeness (QED) is 0.731. The maximum Gasteiger partial charge on any atom is 0.258 e. The van der Waals surface area contributed by atoms with E-state index in [-0.39, 0.29) is 11.3 Å². The van der Waals surface area contributed by atoms with Gasteiger partial charge in [-0.1, -0.05) is 6.07 Å². The normalized spacial score (nSPS) is 13.6. The predicted molar refractivity (Wildman–Crippen MR) is 94.3 cm³/mol. The molecule has 3 aromatic rings. The Kier molecular flexibility index (Phi) is 4.24. The number of aromatic nitrogens is 1. The molecule has 132 valence electrons. The maximum absolute atomic E-state index is 13.9. The fourth-order valence-corrected chi connectivity index (χ4v) is 2.74. The van der Waals surface area contributed by atoms with E-state index in [0.29, 0.717) is 29.2 Å². The van der Waals surface area contributed by atoms with Crippen LogP contribution < -0.4 is 10.1 Å². The number of pyridine rings is 1. The zero-order valence-electron chi connectivity index (χ0n) is 13.8. The Morgan fingerprint density at radius 3 is 2.81 bits per heavy atom. The summed E-state index contributed by atoms with van der Waals surface area (Å²) in [5.41, 5.74) is 0.672. The predicted octanol–water partition coefficient (Wildman–Crippen LogP) is 4.55. The van der Waals surface area contributed by atoms with Crippen molar-refractivity contribution in [2.24, 2.45) is 5.92 Å². The number of amides is 1. The van der Waals surface area contributed by atoms with E-state index in [0.717, 1.165) is 18.9 Å². The van der Waals surface area contributed by atoms with Gasteiger partial charge in [-0.15, -0.1) is 0 Å². The van der Waals surface area contributed by atoms with Crippen molar-refractivity contribution in [1.82, 2.24) is 4.98 Å². The Bertz CT molecular complexity index is 987. The van der Waals surface area contributed by atoms with Gasteiger partial charge in [-0.2, -0.15) is 0 Å². The molecule has 0 unspecified atom stereocenters. The number of hydrogen-bond donors (Lipinski definition) is 1. The van der Waals surface area contributed by atoms with E-state index >= 15 is 0 Å². The van der Waals surface area contributed by atoms with E-state index in [4.69, 9.17) is 4.74 Å². The van der Waals surface area contributed by atoms with Gasteiger partial charge < -0.3 is 10.1 Å². The van der Waals surface area contributed by atoms with E-state index in [1.54, 1.807) is 12.1 Å². The van der Waals surface area contributed by atoms with Gasteiger partial charge in [0.15, 0.2) is 0 Å². The van der Waals surface area contributed by atoms with Crippen LogP contribution in [0.1, 0.15) is 23.2 Å². The van der Waals surface area contributed by atoms with Crippen LogP contribution in [0.15, 0.2) is 48.7 Å². The van der Waals surface area contributed by atoms with Gasteiger partial charge >= 0.3 is 0 Å². The molecule has 4 nitrogen and oxygen atoms in total. The third kappa shape index (κ3) is 3.49. The summed E-state index contributed by atoms with van der Waals surface area (Å²) in [5, 5.41) is 3.14. The molecule has 1 aromatic heterocycles. The van der Waals surface area contributed by atoms with Gasteiger partial charge in [0.05, 0.1) is 23.4 Å². The summed E-state index contributed by atoms with van der Waals surface area (Å²) in [7, 11) is 0. The fraction of sp³-hybridized carbons (Fsp3) is 0.200. The molecular formula is C20H16F2N2O2. The molecule has 0 bridgehead atoms. The third-order valence-electron chi connectivity index (χ3n) is 4.28. The minimum atomic E-state index is -0.574. The van der Waals surface area contributed by atoms with Crippen molar-refractivity contribution >= 4 is 22.5 Å². The van der Waals surface area contributed by atoms with Crippen molar-refractivity contribution in [2.45, 2.75) is 12.8 Å². The lowest BCUT2D eigenvalue weighted by Gasteiger charge is -2.13. The van der Waals surface area contributed by atoms with Crippen LogP contribution in [0.3, 0.4) is 0 Å². The average molecular weight is 354 g/mol. The van der Waals surface area contributed by atoms with Crippen LogP contribution >= 0.6 is 0 Å². The van der Waals surface area contributed by atoms with Crippen LogP contribution in [0.2, 0.25) is 0 Å². The molecule has 1 amide bonds. The largest absolute Gasteiger partial charge is 0.491 e. The number of hydrogen-bond acceptors (Lipinski definition) is 3. The van der Waals surface area contributed by atoms with Crippen molar-refractivity contribution in [3.8, 4) is 5.75 Å². The topological polar surface area (TPSA) is 51.2 Å². The molecule has 6 heteroatoms. The highest BCUT2D eigenvalue weighted by molar-refractivity contribution is 6.12. The van der Waals surface area contributed by atoms with Gasteiger partial charge in [0.25, 0.3) is 5.91 Å². The molecule has 1 saturated carbocycles. The van der Waals surface area contributed by atoms with Crippen molar-refractivity contribution in [2.75, 3.05) is 11.9 Å². The Balaban J connectivity index is 1.65. The second-order valence-electron chi connectivity index (χ2n) is 6.38. The molecule has 0 spiro atoms. The summed E-state index contributed by atoms with van der Waals surface area (Å²) in [6.07, 6.45) is 3.76. The first-order chi connectivity index (χ1) is 12.6. The third-order valence-corrected chi connectivity index (χ3v) is 4.28. The van der Waals surface area contributed by atoms with E-state index in [1.165, 1.54) is 30.5 Å². The van der Waals surface area contributed by atoms with Crippen LogP contribution in [-0.4, -0.2) is 17.5 Å². The van der Waals surface area contributed by atoms with Crippen molar-refractivity contribution < 1.29 is 18.3 Å². The highest BCUT2D eigenvalue weighted by atomic mass is 19.1. The van der Waals surface area contributed by atoms with Gasteiger partial charge in [0.2, 0.25) is 0 Å². The second-order valence-corrected chi connectivity index (χ2v) is 6.38. The molecule has 1 N–H and O–H groups in total. The van der Waals surface area contributed by atoms with E-state index < -0.39 is 17.5 Å². The zero-order chi connectivity index (χ0) is 18.1. The first kappa shape index (κ1) is 16.4. The van der Waals surface area contributed by atoms with Crippen molar-refractivity contribution in [3.05, 3.63) is 65.9 Å². The van der Waals surface area contributed by atoms with Gasteiger partial charge in [0.1, 0.15) is 17.4 Å². The molecule has 0 saturated heterocycles. The number of fused-ring (bicyclic) bond motifs is 1. The Hall–Kier alpha value is -3.02. The Morgan fingerprint density at radius 1 is 1.15 bits per heavy atom. The SMILES string of the molecule is O=C(Nc1cc(F)ccc1OCC1CC1)c1cc(F)cc2cccnc12. The number of rotatable bonds is 5. The lowest BCUT2D eigenvalue weighted by molar-refractivity contribution is 0.102. The number of carbonyl (C=O) groups excluding carboxylic acids is 1. The summed E-state index contributed by atoms with van der Waals surface area (Å²) >= 11 is 0. The average Bonchev–Trinajstić information content (AvgIpc) is 3.44. The number of nitrogens with zero attached hydrogens (tertiary/aromatic N) is 1. The molecule has 2 aromatic carbocycles. The monoisotopic (exact) mass is 354 g/mol. The summed E-state index contributed by atoms with van der Waals surface area (Å²) in [6.45, 7) is 0.527. The standard InChI is InChI=1S/C20H16F2N2O2/c21-14-5-6-18(26-11-12-3-4-12)17(10-14)24-20(25)16-9-15(22)8-13-2-1-7-23-19(13)16/h1-2,5-10,12H,3-4,11H2,(H,24,25). The fourth-order valence-electron chi connectivity index (χ4n) is 2.74. The second kappa shape index (κ2) is 6.71.